The lowest BCUT2D eigenvalue weighted by atomic mass is 10.1. The Morgan fingerprint density at radius 2 is 1.80 bits per heavy atom. The van der Waals surface area contributed by atoms with Crippen LogP contribution in [-0.4, -0.2) is 74.2 Å². The Bertz CT molecular complexity index is 1830. The maximum absolute atomic E-state index is 13.1. The Hall–Kier alpha value is -5.69. The maximum atomic E-state index is 13.1. The standard InChI is InChI=1S/C31H35N11O6S2/c1-18(2)48-29(45)22(11-12-23(43)40-41-31(46)47-14-15-49-50-24-6-4-5-13-34-24)37-28(44)19-7-9-21(10-8-19)42(3)17-20-16-35-27-25(36-20)26(32)38-30(33)39-27/h4-10,13,16,22H,1,11-12,14-15,17H2,2-3H3,(H,37,44)(H,40,43)(H,41,46)(H4,32,33,35,38,39)/t22-/m0/s1. The minimum Gasteiger partial charge on any atom is -0.447 e. The van der Waals surface area contributed by atoms with Gasteiger partial charge in [-0.05, 0) is 60.5 Å². The van der Waals surface area contributed by atoms with Crippen LogP contribution in [0, 0.1) is 0 Å². The van der Waals surface area contributed by atoms with Gasteiger partial charge in [0.25, 0.3) is 5.91 Å². The molecule has 0 saturated carbocycles. The fourth-order valence-corrected chi connectivity index (χ4v) is 5.86. The van der Waals surface area contributed by atoms with Gasteiger partial charge < -0.3 is 31.2 Å². The lowest BCUT2D eigenvalue weighted by Gasteiger charge is -2.20. The Balaban J connectivity index is 1.25. The molecule has 262 valence electrons. The Labute approximate surface area is 294 Å². The van der Waals surface area contributed by atoms with Crippen LogP contribution in [0.5, 0.6) is 0 Å². The zero-order valence-electron chi connectivity index (χ0n) is 27.1. The minimum atomic E-state index is -1.19. The van der Waals surface area contributed by atoms with Gasteiger partial charge in [0.15, 0.2) is 17.0 Å². The second kappa shape index (κ2) is 18.2. The second-order valence-electron chi connectivity index (χ2n) is 10.5. The number of rotatable bonds is 15. The zero-order valence-corrected chi connectivity index (χ0v) is 28.8. The molecule has 0 spiro atoms. The lowest BCUT2D eigenvalue weighted by Crippen LogP contribution is -2.45. The van der Waals surface area contributed by atoms with E-state index in [0.29, 0.717) is 23.5 Å². The number of anilines is 3. The Kier molecular flexibility index (Phi) is 13.5. The van der Waals surface area contributed by atoms with E-state index in [4.69, 9.17) is 20.9 Å². The SMILES string of the molecule is C=C(C)OC(=O)[C@H](CCC(=O)NNC(=O)OCCSSc1ccccn1)NC(=O)c1ccc(N(C)Cc2cnc3nc(N)nc(N)c3n2)cc1. The van der Waals surface area contributed by atoms with E-state index >= 15 is 0 Å². The summed E-state index contributed by atoms with van der Waals surface area (Å²) in [5.74, 6) is -1.24. The number of hydrazine groups is 1. The number of benzene rings is 1. The Morgan fingerprint density at radius 1 is 1.02 bits per heavy atom. The van der Waals surface area contributed by atoms with E-state index in [2.05, 4.69) is 47.7 Å². The molecular formula is C31H35N11O6S2. The topological polar surface area (TPSA) is 243 Å². The molecule has 0 fully saturated rings. The van der Waals surface area contributed by atoms with Crippen molar-refractivity contribution in [1.82, 2.24) is 41.1 Å². The van der Waals surface area contributed by atoms with Crippen LogP contribution in [0.1, 0.15) is 35.8 Å². The third-order valence-electron chi connectivity index (χ3n) is 6.48. The number of ether oxygens (including phenoxy) is 2. The first-order chi connectivity index (χ1) is 24.0. The number of nitrogens with two attached hydrogens (primary N) is 2. The normalized spacial score (nSPS) is 11.2. The van der Waals surface area contributed by atoms with Gasteiger partial charge in [0, 0.05) is 36.7 Å². The van der Waals surface area contributed by atoms with Gasteiger partial charge in [0.05, 0.1) is 24.2 Å². The van der Waals surface area contributed by atoms with Gasteiger partial charge in [-0.1, -0.05) is 23.4 Å². The molecule has 17 nitrogen and oxygen atoms in total. The number of nitrogens with zero attached hydrogens (tertiary/aromatic N) is 6. The quantitative estimate of drug-likeness (QED) is 0.0390. The van der Waals surface area contributed by atoms with Crippen molar-refractivity contribution in [3.05, 3.63) is 78.5 Å². The molecule has 0 bridgehead atoms. The first-order valence-corrected chi connectivity index (χ1v) is 17.3. The van der Waals surface area contributed by atoms with Gasteiger partial charge in [0.2, 0.25) is 11.9 Å². The summed E-state index contributed by atoms with van der Waals surface area (Å²) in [4.78, 5) is 72.9. The number of pyridine rings is 1. The second-order valence-corrected chi connectivity index (χ2v) is 12.9. The number of nitrogen functional groups attached to an aromatic ring is 2. The molecule has 0 aliphatic heterocycles. The van der Waals surface area contributed by atoms with Crippen LogP contribution in [0.2, 0.25) is 0 Å². The number of aromatic nitrogens is 5. The predicted molar refractivity (Wildman–Crippen MR) is 189 cm³/mol. The largest absolute Gasteiger partial charge is 0.447 e. The molecular weight excluding hydrogens is 687 g/mol. The molecule has 1 atom stereocenters. The van der Waals surface area contributed by atoms with Gasteiger partial charge in [0.1, 0.15) is 17.7 Å². The van der Waals surface area contributed by atoms with E-state index in [1.807, 2.05) is 30.1 Å². The van der Waals surface area contributed by atoms with Gasteiger partial charge in [-0.2, -0.15) is 9.97 Å². The average molecular weight is 722 g/mol. The summed E-state index contributed by atoms with van der Waals surface area (Å²) in [6.07, 6.45) is 2.03. The molecule has 0 unspecified atom stereocenters. The van der Waals surface area contributed by atoms with Crippen LogP contribution in [0.3, 0.4) is 0 Å². The lowest BCUT2D eigenvalue weighted by molar-refractivity contribution is -0.141. The molecule has 50 heavy (non-hydrogen) atoms. The average Bonchev–Trinajstić information content (AvgIpc) is 3.09. The van der Waals surface area contributed by atoms with E-state index < -0.39 is 29.9 Å². The minimum absolute atomic E-state index is 0.00740. The highest BCUT2D eigenvalue weighted by Gasteiger charge is 2.25. The van der Waals surface area contributed by atoms with Crippen molar-refractivity contribution in [3.8, 4) is 0 Å². The van der Waals surface area contributed by atoms with Crippen molar-refractivity contribution in [2.45, 2.75) is 37.4 Å². The van der Waals surface area contributed by atoms with Gasteiger partial charge >= 0.3 is 12.1 Å². The zero-order chi connectivity index (χ0) is 36.0. The van der Waals surface area contributed by atoms with Crippen molar-refractivity contribution in [2.24, 2.45) is 0 Å². The number of fused-ring (bicyclic) bond motifs is 1. The first-order valence-electron chi connectivity index (χ1n) is 14.9. The number of carbonyl (C=O) groups excluding carboxylic acids is 4. The van der Waals surface area contributed by atoms with Crippen molar-refractivity contribution < 1.29 is 28.7 Å². The summed E-state index contributed by atoms with van der Waals surface area (Å²) in [6, 6.07) is 11.0. The number of carbonyl (C=O) groups is 4. The highest BCUT2D eigenvalue weighted by molar-refractivity contribution is 8.76. The number of amides is 3. The summed E-state index contributed by atoms with van der Waals surface area (Å²) in [5.41, 5.74) is 18.2. The van der Waals surface area contributed by atoms with Crippen LogP contribution < -0.4 is 32.5 Å². The van der Waals surface area contributed by atoms with E-state index in [1.165, 1.54) is 28.5 Å². The smallest absolute Gasteiger partial charge is 0.426 e. The molecule has 3 heterocycles. The highest BCUT2D eigenvalue weighted by Crippen LogP contribution is 2.28. The maximum Gasteiger partial charge on any atom is 0.426 e. The number of allylic oxidation sites excluding steroid dienone is 1. The van der Waals surface area contributed by atoms with Gasteiger partial charge in [-0.15, -0.1) is 0 Å². The fourth-order valence-electron chi connectivity index (χ4n) is 4.16. The summed E-state index contributed by atoms with van der Waals surface area (Å²) >= 11 is 0. The fraction of sp³-hybridized carbons (Fsp3) is 0.258. The third kappa shape index (κ3) is 11.5. The van der Waals surface area contributed by atoms with E-state index in [-0.39, 0.29) is 48.2 Å². The summed E-state index contributed by atoms with van der Waals surface area (Å²) in [6.45, 7) is 5.49. The third-order valence-corrected chi connectivity index (χ3v) is 8.71. The van der Waals surface area contributed by atoms with Crippen LogP contribution in [0.25, 0.3) is 11.2 Å². The molecule has 4 rings (SSSR count). The van der Waals surface area contributed by atoms with Crippen LogP contribution >= 0.6 is 21.6 Å². The van der Waals surface area contributed by atoms with E-state index in [1.54, 1.807) is 36.7 Å². The molecule has 0 aliphatic carbocycles. The molecule has 4 aromatic rings. The van der Waals surface area contributed by atoms with Crippen LogP contribution in [-0.2, 0) is 25.6 Å². The number of esters is 1. The number of hydrogen-bond donors (Lipinski definition) is 5. The molecule has 0 radical (unpaired) electrons. The van der Waals surface area contributed by atoms with Crippen molar-refractivity contribution in [2.75, 3.05) is 35.8 Å². The molecule has 1 aromatic carbocycles. The first kappa shape index (κ1) is 37.1. The van der Waals surface area contributed by atoms with Gasteiger partial charge in [-0.3, -0.25) is 15.0 Å². The summed E-state index contributed by atoms with van der Waals surface area (Å²) in [5, 5.41) is 3.44. The monoisotopic (exact) mass is 721 g/mol. The van der Waals surface area contributed by atoms with Crippen LogP contribution in [0.15, 0.2) is 72.2 Å². The summed E-state index contributed by atoms with van der Waals surface area (Å²) in [7, 11) is 4.73. The Morgan fingerprint density at radius 3 is 2.52 bits per heavy atom. The summed E-state index contributed by atoms with van der Waals surface area (Å²) < 4.78 is 10.1. The van der Waals surface area contributed by atoms with E-state index in [9.17, 15) is 19.2 Å². The predicted octanol–water partition coefficient (Wildman–Crippen LogP) is 2.77. The van der Waals surface area contributed by atoms with Crippen molar-refractivity contribution in [3.63, 3.8) is 0 Å². The highest BCUT2D eigenvalue weighted by atomic mass is 33.1. The molecule has 3 aromatic heterocycles. The van der Waals surface area contributed by atoms with E-state index in [0.717, 1.165) is 10.7 Å². The molecule has 19 heteroatoms. The molecule has 0 aliphatic rings. The van der Waals surface area contributed by atoms with Crippen LogP contribution in [0.4, 0.5) is 22.2 Å². The molecule has 0 saturated heterocycles. The van der Waals surface area contributed by atoms with Crippen molar-refractivity contribution >= 4 is 74.1 Å². The number of nitrogens with one attached hydrogen (secondary N) is 3. The molecule has 7 N–H and O–H groups in total. The van der Waals surface area contributed by atoms with Gasteiger partial charge in [-0.25, -0.2) is 30.0 Å². The molecule has 3 amide bonds. The number of hydrogen-bond acceptors (Lipinski definition) is 16. The van der Waals surface area contributed by atoms with Crippen molar-refractivity contribution in [1.29, 1.82) is 0 Å².